The summed E-state index contributed by atoms with van der Waals surface area (Å²) >= 11 is 4.70. The molecule has 0 unspecified atom stereocenters. The van der Waals surface area contributed by atoms with Gasteiger partial charge in [0.1, 0.15) is 5.82 Å². The van der Waals surface area contributed by atoms with E-state index in [4.69, 9.17) is 5.11 Å². The number of thioether (sulfide) groups is 1. The second kappa shape index (κ2) is 6.16. The molecule has 1 heterocycles. The molecule has 3 nitrogen and oxygen atoms in total. The zero-order valence-corrected chi connectivity index (χ0v) is 12.0. The van der Waals surface area contributed by atoms with Gasteiger partial charge in [0.05, 0.1) is 10.6 Å². The molecule has 0 bridgehead atoms. The van der Waals surface area contributed by atoms with E-state index < -0.39 is 5.97 Å². The summed E-state index contributed by atoms with van der Waals surface area (Å²) in [6.07, 6.45) is 1.45. The van der Waals surface area contributed by atoms with Crippen LogP contribution in [0.1, 0.15) is 15.9 Å². The van der Waals surface area contributed by atoms with Gasteiger partial charge < -0.3 is 5.11 Å². The van der Waals surface area contributed by atoms with Crippen molar-refractivity contribution in [3.05, 3.63) is 57.9 Å². The molecule has 0 aliphatic heterocycles. The van der Waals surface area contributed by atoms with Crippen molar-refractivity contribution in [2.75, 3.05) is 0 Å². The highest BCUT2D eigenvalue weighted by Gasteiger charge is 2.07. The second-order valence-electron chi connectivity index (χ2n) is 3.71. The highest BCUT2D eigenvalue weighted by molar-refractivity contribution is 9.10. The Bertz CT molecular complexity index is 621. The summed E-state index contributed by atoms with van der Waals surface area (Å²) in [5, 5.41) is 9.47. The molecule has 1 aromatic heterocycles. The molecule has 6 heteroatoms. The van der Waals surface area contributed by atoms with Crippen molar-refractivity contribution in [3.8, 4) is 0 Å². The summed E-state index contributed by atoms with van der Waals surface area (Å²) in [5.74, 6) is -0.781. The summed E-state index contributed by atoms with van der Waals surface area (Å²) in [4.78, 5) is 14.9. The van der Waals surface area contributed by atoms with Crippen LogP contribution in [0.25, 0.3) is 0 Å². The molecule has 19 heavy (non-hydrogen) atoms. The van der Waals surface area contributed by atoms with Crippen LogP contribution < -0.4 is 0 Å². The van der Waals surface area contributed by atoms with Crippen molar-refractivity contribution in [2.24, 2.45) is 0 Å². The number of pyridine rings is 1. The summed E-state index contributed by atoms with van der Waals surface area (Å²) in [6, 6.07) is 7.40. The molecule has 0 radical (unpaired) electrons. The average Bonchev–Trinajstić information content (AvgIpc) is 2.40. The lowest BCUT2D eigenvalue weighted by molar-refractivity contribution is 0.0696. The zero-order chi connectivity index (χ0) is 13.8. The lowest BCUT2D eigenvalue weighted by Gasteiger charge is -2.05. The largest absolute Gasteiger partial charge is 0.478 e. The van der Waals surface area contributed by atoms with E-state index in [2.05, 4.69) is 20.9 Å². The molecule has 2 rings (SSSR count). The number of aromatic nitrogens is 1. The Morgan fingerprint density at radius 2 is 2.16 bits per heavy atom. The molecule has 0 spiro atoms. The number of carbonyl (C=O) groups is 1. The van der Waals surface area contributed by atoms with Crippen molar-refractivity contribution < 1.29 is 14.3 Å². The van der Waals surface area contributed by atoms with Crippen LogP contribution in [0.4, 0.5) is 4.39 Å². The van der Waals surface area contributed by atoms with Crippen LogP contribution in [-0.4, -0.2) is 16.1 Å². The minimum absolute atomic E-state index is 0.191. The third kappa shape index (κ3) is 3.78. The first-order chi connectivity index (χ1) is 9.06. The maximum absolute atomic E-state index is 13.1. The first-order valence-corrected chi connectivity index (χ1v) is 7.10. The Hall–Kier alpha value is -1.40. The summed E-state index contributed by atoms with van der Waals surface area (Å²) in [5.41, 5.74) is 0.989. The molecule has 2 aromatic rings. The minimum atomic E-state index is -0.990. The number of hydrogen-bond acceptors (Lipinski definition) is 3. The fraction of sp³-hybridized carbons (Fsp3) is 0.0769. The third-order valence-corrected chi connectivity index (χ3v) is 4.11. The normalized spacial score (nSPS) is 10.4. The number of carboxylic acids is 1. The van der Waals surface area contributed by atoms with Gasteiger partial charge in [-0.25, -0.2) is 14.2 Å². The molecular formula is C13H9BrFNO2S. The number of aromatic carboxylic acids is 1. The minimum Gasteiger partial charge on any atom is -0.478 e. The van der Waals surface area contributed by atoms with Crippen LogP contribution in [0.5, 0.6) is 0 Å². The highest BCUT2D eigenvalue weighted by atomic mass is 79.9. The number of rotatable bonds is 4. The van der Waals surface area contributed by atoms with Crippen LogP contribution in [0.15, 0.2) is 46.0 Å². The van der Waals surface area contributed by atoms with Gasteiger partial charge in [0.15, 0.2) is 0 Å². The predicted molar refractivity (Wildman–Crippen MR) is 74.9 cm³/mol. The topological polar surface area (TPSA) is 50.2 Å². The van der Waals surface area contributed by atoms with Gasteiger partial charge in [-0.05, 0) is 35.9 Å². The predicted octanol–water partition coefficient (Wildman–Crippen LogP) is 3.97. The van der Waals surface area contributed by atoms with Crippen LogP contribution in [0.3, 0.4) is 0 Å². The van der Waals surface area contributed by atoms with Gasteiger partial charge in [0, 0.05) is 16.4 Å². The number of halogens is 2. The Balaban J connectivity index is 2.12. The zero-order valence-electron chi connectivity index (χ0n) is 9.64. The van der Waals surface area contributed by atoms with E-state index in [-0.39, 0.29) is 11.4 Å². The van der Waals surface area contributed by atoms with Crippen molar-refractivity contribution in [3.63, 3.8) is 0 Å². The van der Waals surface area contributed by atoms with E-state index in [0.29, 0.717) is 10.8 Å². The third-order valence-electron chi connectivity index (χ3n) is 2.37. The quantitative estimate of drug-likeness (QED) is 0.854. The fourth-order valence-electron chi connectivity index (χ4n) is 1.43. The van der Waals surface area contributed by atoms with Crippen LogP contribution in [0.2, 0.25) is 0 Å². The van der Waals surface area contributed by atoms with Crippen molar-refractivity contribution in [1.29, 1.82) is 0 Å². The van der Waals surface area contributed by atoms with E-state index in [1.165, 1.54) is 42.2 Å². The van der Waals surface area contributed by atoms with E-state index in [1.54, 1.807) is 6.07 Å². The molecule has 1 N–H and O–H groups in total. The number of carboxylic acid groups (broad SMARTS) is 1. The van der Waals surface area contributed by atoms with Crippen molar-refractivity contribution >= 4 is 33.7 Å². The molecule has 0 saturated carbocycles. The monoisotopic (exact) mass is 341 g/mol. The lowest BCUT2D eigenvalue weighted by atomic mass is 10.2. The lowest BCUT2D eigenvalue weighted by Crippen LogP contribution is -1.97. The molecule has 0 fully saturated rings. The molecule has 0 saturated heterocycles. The number of hydrogen-bond donors (Lipinski definition) is 1. The highest BCUT2D eigenvalue weighted by Crippen LogP contribution is 2.26. The summed E-state index contributed by atoms with van der Waals surface area (Å²) < 4.78 is 13.9. The van der Waals surface area contributed by atoms with E-state index >= 15 is 0 Å². The van der Waals surface area contributed by atoms with Gasteiger partial charge in [-0.1, -0.05) is 15.9 Å². The maximum atomic E-state index is 13.1. The fourth-order valence-corrected chi connectivity index (χ4v) is 2.89. The SMILES string of the molecule is O=C(O)c1ccnc(SCc2cc(F)ccc2Br)c1. The summed E-state index contributed by atoms with van der Waals surface area (Å²) in [6.45, 7) is 0. The van der Waals surface area contributed by atoms with Gasteiger partial charge in [-0.2, -0.15) is 0 Å². The molecule has 0 amide bonds. The van der Waals surface area contributed by atoms with Crippen molar-refractivity contribution in [2.45, 2.75) is 10.8 Å². The van der Waals surface area contributed by atoms with E-state index in [9.17, 15) is 9.18 Å². The standard InChI is InChI=1S/C13H9BrFNO2S/c14-11-2-1-10(15)5-9(11)7-19-12-6-8(13(17)18)3-4-16-12/h1-6H,7H2,(H,17,18). The maximum Gasteiger partial charge on any atom is 0.335 e. The van der Waals surface area contributed by atoms with Gasteiger partial charge in [-0.15, -0.1) is 11.8 Å². The first kappa shape index (κ1) is 14.0. The van der Waals surface area contributed by atoms with Gasteiger partial charge in [0.2, 0.25) is 0 Å². The Morgan fingerprint density at radius 1 is 1.37 bits per heavy atom. The smallest absolute Gasteiger partial charge is 0.335 e. The van der Waals surface area contributed by atoms with Crippen LogP contribution in [0, 0.1) is 5.82 Å². The molecule has 1 aromatic carbocycles. The molecule has 0 aliphatic rings. The van der Waals surface area contributed by atoms with Gasteiger partial charge >= 0.3 is 5.97 Å². The van der Waals surface area contributed by atoms with E-state index in [1.807, 2.05) is 0 Å². The number of nitrogens with zero attached hydrogens (tertiary/aromatic N) is 1. The van der Waals surface area contributed by atoms with Gasteiger partial charge in [0.25, 0.3) is 0 Å². The van der Waals surface area contributed by atoms with Crippen molar-refractivity contribution in [1.82, 2.24) is 4.98 Å². The second-order valence-corrected chi connectivity index (χ2v) is 5.56. The Morgan fingerprint density at radius 3 is 2.89 bits per heavy atom. The molecule has 98 valence electrons. The van der Waals surface area contributed by atoms with Crippen LogP contribution >= 0.6 is 27.7 Å². The van der Waals surface area contributed by atoms with Crippen LogP contribution in [-0.2, 0) is 5.75 Å². The number of benzene rings is 1. The molecule has 0 atom stereocenters. The Labute approximate surface area is 122 Å². The molecular weight excluding hydrogens is 333 g/mol. The molecule has 0 aliphatic carbocycles. The first-order valence-electron chi connectivity index (χ1n) is 5.32. The van der Waals surface area contributed by atoms with Gasteiger partial charge in [-0.3, -0.25) is 0 Å². The van der Waals surface area contributed by atoms with E-state index in [0.717, 1.165) is 10.0 Å². The average molecular weight is 342 g/mol. The summed E-state index contributed by atoms with van der Waals surface area (Å²) in [7, 11) is 0. The Kier molecular flexibility index (Phi) is 4.55.